The lowest BCUT2D eigenvalue weighted by Gasteiger charge is -2.26. The molecule has 0 heterocycles. The third kappa shape index (κ3) is 76.6. The zero-order valence-electron chi connectivity index (χ0n) is 56.5. The summed E-state index contributed by atoms with van der Waals surface area (Å²) in [6.07, 6.45) is 54.1. The van der Waals surface area contributed by atoms with Crippen LogP contribution in [0.15, 0.2) is 24.7 Å². The normalized spacial score (nSPS) is 12.6. The van der Waals surface area contributed by atoms with Crippen LogP contribution in [0.2, 0.25) is 0 Å². The van der Waals surface area contributed by atoms with E-state index in [-0.39, 0.29) is 13.5 Å². The summed E-state index contributed by atoms with van der Waals surface area (Å²) in [5, 5.41) is 0. The standard InChI is InChI=1S/C58H114O5.C9H20.C2H6O.C2H6.CH2O.CH4/c1-10-16-20-24-27-28-29-30-33-38-56(46-52(7)50-60-41-34-31-25-21-17-11-2)40-45-59-42-37-39-57(48-54(9)62-43-35-23-19-13-4)51-63-58(15-6)49-55(14-5)47-53(8)61-44-36-32-26-22-18-12-3;1-3-5-7-9-8-6-4-2;1-3-2;2*1-2;/h52,55-58H,8-51H2,1-7H3;3-9H2,1-2H3;1-2H3;1-2H3;1H2;1H4. The fourth-order valence-electron chi connectivity index (χ4n) is 10.1. The van der Waals surface area contributed by atoms with Crippen molar-refractivity contribution < 1.29 is 33.2 Å². The first-order chi connectivity index (χ1) is 38.7. The minimum Gasteiger partial charge on any atom is -0.499 e. The second kappa shape index (κ2) is 81.8. The fourth-order valence-corrected chi connectivity index (χ4v) is 10.1. The van der Waals surface area contributed by atoms with E-state index in [1.54, 1.807) is 14.2 Å². The number of unbranched alkanes of at least 4 members (excludes halogenated alkanes) is 27. The van der Waals surface area contributed by atoms with Gasteiger partial charge >= 0.3 is 0 Å². The van der Waals surface area contributed by atoms with Crippen LogP contribution in [-0.2, 0) is 33.2 Å². The van der Waals surface area contributed by atoms with E-state index in [1.165, 1.54) is 212 Å². The first-order valence-electron chi connectivity index (χ1n) is 34.7. The van der Waals surface area contributed by atoms with E-state index in [0.29, 0.717) is 17.8 Å². The van der Waals surface area contributed by atoms with E-state index in [4.69, 9.17) is 28.5 Å². The third-order valence-electron chi connectivity index (χ3n) is 15.1. The molecule has 486 valence electrons. The van der Waals surface area contributed by atoms with E-state index in [2.05, 4.69) is 80.2 Å². The molecule has 0 N–H and O–H groups in total. The van der Waals surface area contributed by atoms with Crippen LogP contribution in [0.3, 0.4) is 0 Å². The summed E-state index contributed by atoms with van der Waals surface area (Å²) in [7, 11) is 3.25. The number of carbonyl (C=O) groups is 1. The Hall–Kier alpha value is -1.41. The van der Waals surface area contributed by atoms with Crippen LogP contribution in [0, 0.1) is 23.7 Å². The van der Waals surface area contributed by atoms with Gasteiger partial charge in [-0.2, -0.15) is 0 Å². The second-order valence-electron chi connectivity index (χ2n) is 23.1. The van der Waals surface area contributed by atoms with Crippen molar-refractivity contribution in [2.75, 3.05) is 60.5 Å². The summed E-state index contributed by atoms with van der Waals surface area (Å²) >= 11 is 0. The van der Waals surface area contributed by atoms with Crippen LogP contribution in [0.25, 0.3) is 0 Å². The van der Waals surface area contributed by atoms with Gasteiger partial charge in [0.1, 0.15) is 6.79 Å². The Morgan fingerprint density at radius 3 is 1.14 bits per heavy atom. The fraction of sp³-hybridized carbons (Fsp3) is 0.932. The van der Waals surface area contributed by atoms with Gasteiger partial charge in [0.15, 0.2) is 0 Å². The van der Waals surface area contributed by atoms with Gasteiger partial charge in [0.05, 0.1) is 37.4 Å². The maximum atomic E-state index is 8.00. The molecule has 0 aliphatic rings. The van der Waals surface area contributed by atoms with E-state index in [9.17, 15) is 0 Å². The molecular weight excluding hydrogens is 989 g/mol. The first kappa shape index (κ1) is 89.8. The quantitative estimate of drug-likeness (QED) is 0.0444. The molecule has 5 atom stereocenters. The maximum absolute atomic E-state index is 8.00. The molecule has 7 heteroatoms. The zero-order valence-corrected chi connectivity index (χ0v) is 56.5. The van der Waals surface area contributed by atoms with Crippen molar-refractivity contribution in [2.45, 2.75) is 359 Å². The van der Waals surface area contributed by atoms with Crippen molar-refractivity contribution in [2.24, 2.45) is 23.7 Å². The lowest BCUT2D eigenvalue weighted by molar-refractivity contribution is -0.0980. The molecule has 0 fully saturated rings. The molecule has 0 saturated carbocycles. The highest BCUT2D eigenvalue weighted by atomic mass is 16.5. The largest absolute Gasteiger partial charge is 0.499 e. The summed E-state index contributed by atoms with van der Waals surface area (Å²) in [4.78, 5) is 8.00. The molecule has 0 aliphatic carbocycles. The van der Waals surface area contributed by atoms with E-state index in [1.807, 2.05) is 20.6 Å². The molecule has 0 aromatic carbocycles. The predicted octanol–water partition coefficient (Wildman–Crippen LogP) is 24.2. The Kier molecular flexibility index (Phi) is 91.8. The lowest BCUT2D eigenvalue weighted by Crippen LogP contribution is -2.22. The Morgan fingerprint density at radius 1 is 0.375 bits per heavy atom. The minimum atomic E-state index is 0. The van der Waals surface area contributed by atoms with Crippen LogP contribution >= 0.6 is 0 Å². The van der Waals surface area contributed by atoms with Gasteiger partial charge in [-0.25, -0.2) is 0 Å². The maximum Gasteiger partial charge on any atom is 0.106 e. The molecule has 5 unspecified atom stereocenters. The molecule has 80 heavy (non-hydrogen) atoms. The number of ether oxygens (including phenoxy) is 6. The number of rotatable bonds is 59. The Labute approximate surface area is 506 Å². The van der Waals surface area contributed by atoms with Gasteiger partial charge in [-0.3, -0.25) is 0 Å². The highest BCUT2D eigenvalue weighted by Crippen LogP contribution is 2.27. The van der Waals surface area contributed by atoms with Gasteiger partial charge in [0, 0.05) is 53.5 Å². The summed E-state index contributed by atoms with van der Waals surface area (Å²) in [5.74, 6) is 4.13. The minimum absolute atomic E-state index is 0. The molecule has 0 amide bonds. The second-order valence-corrected chi connectivity index (χ2v) is 23.1. The predicted molar refractivity (Wildman–Crippen MR) is 359 cm³/mol. The number of carbonyl (C=O) groups excluding carboxylic acids is 1. The van der Waals surface area contributed by atoms with Gasteiger partial charge in [0.2, 0.25) is 0 Å². The average molecular weight is 1140 g/mol. The molecule has 0 saturated heterocycles. The molecular formula is C73H152O7. The van der Waals surface area contributed by atoms with E-state index < -0.39 is 0 Å². The van der Waals surface area contributed by atoms with Crippen molar-refractivity contribution in [3.05, 3.63) is 24.7 Å². The summed E-state index contributed by atoms with van der Waals surface area (Å²) < 4.78 is 35.8. The number of hydrogen-bond acceptors (Lipinski definition) is 7. The van der Waals surface area contributed by atoms with Crippen LogP contribution in [0.4, 0.5) is 0 Å². The molecule has 0 rings (SSSR count). The SMILES string of the molecule is C.C=C(CC(CCCOCCC(CCCCCCCCCCC)CC(C)COCCCCCCCC)COC(CC)CC(CC)CC(=C)OCCCCCCCC)OCCCCCC.C=O.CC.CCCCCCCCC.COC. The Balaban J connectivity index is -0.000000705. The molecule has 0 aliphatic heterocycles. The van der Waals surface area contributed by atoms with Crippen molar-refractivity contribution in [1.29, 1.82) is 0 Å². The number of methoxy groups -OCH3 is 1. The smallest absolute Gasteiger partial charge is 0.106 e. The highest BCUT2D eigenvalue weighted by molar-refractivity contribution is 5.11. The Morgan fingerprint density at radius 2 is 0.725 bits per heavy atom. The number of hydrogen-bond donors (Lipinski definition) is 0. The van der Waals surface area contributed by atoms with E-state index >= 15 is 0 Å². The van der Waals surface area contributed by atoms with Crippen LogP contribution < -0.4 is 0 Å². The van der Waals surface area contributed by atoms with Crippen molar-refractivity contribution in [1.82, 2.24) is 0 Å². The molecule has 0 spiro atoms. The molecule has 0 radical (unpaired) electrons. The summed E-state index contributed by atoms with van der Waals surface area (Å²) in [6.45, 7) is 41.1. The molecule has 0 bridgehead atoms. The summed E-state index contributed by atoms with van der Waals surface area (Å²) in [5.41, 5.74) is 0. The highest BCUT2D eigenvalue weighted by Gasteiger charge is 2.20. The number of allylic oxidation sites excluding steroid dienone is 2. The van der Waals surface area contributed by atoms with Gasteiger partial charge in [-0.05, 0) is 81.5 Å². The van der Waals surface area contributed by atoms with Gasteiger partial charge in [-0.1, -0.05) is 296 Å². The average Bonchev–Trinajstić information content (AvgIpc) is 3.45. The van der Waals surface area contributed by atoms with Crippen LogP contribution in [0.1, 0.15) is 353 Å². The van der Waals surface area contributed by atoms with Gasteiger partial charge < -0.3 is 33.2 Å². The summed E-state index contributed by atoms with van der Waals surface area (Å²) in [6, 6.07) is 0. The van der Waals surface area contributed by atoms with Crippen molar-refractivity contribution in [3.8, 4) is 0 Å². The third-order valence-corrected chi connectivity index (χ3v) is 15.1. The molecule has 0 aromatic heterocycles. The van der Waals surface area contributed by atoms with Gasteiger partial charge in [-0.15, -0.1) is 0 Å². The van der Waals surface area contributed by atoms with Gasteiger partial charge in [0.25, 0.3) is 0 Å². The van der Waals surface area contributed by atoms with Crippen molar-refractivity contribution >= 4 is 6.79 Å². The zero-order chi connectivity index (χ0) is 59.9. The molecule has 0 aromatic rings. The monoisotopic (exact) mass is 1140 g/mol. The Bertz CT molecular complexity index is 1080. The lowest BCUT2D eigenvalue weighted by atomic mass is 9.89. The van der Waals surface area contributed by atoms with Crippen molar-refractivity contribution in [3.63, 3.8) is 0 Å². The molecule has 7 nitrogen and oxygen atoms in total. The van der Waals surface area contributed by atoms with Crippen LogP contribution in [-0.4, -0.2) is 73.4 Å². The topological polar surface area (TPSA) is 72.5 Å². The van der Waals surface area contributed by atoms with Crippen LogP contribution in [0.5, 0.6) is 0 Å². The van der Waals surface area contributed by atoms with E-state index in [0.717, 1.165) is 121 Å². The first-order valence-corrected chi connectivity index (χ1v) is 34.7.